The van der Waals surface area contributed by atoms with Crippen LogP contribution in [-0.4, -0.2) is 36.1 Å². The minimum absolute atomic E-state index is 0.0888. The molecule has 0 unspecified atom stereocenters. The molecule has 4 rings (SSSR count). The monoisotopic (exact) mass is 421 g/mol. The van der Waals surface area contributed by atoms with Crippen LogP contribution in [0.3, 0.4) is 0 Å². The van der Waals surface area contributed by atoms with Gasteiger partial charge in [0.15, 0.2) is 5.75 Å². The highest BCUT2D eigenvalue weighted by atomic mass is 16.3. The maximum atomic E-state index is 12.4. The van der Waals surface area contributed by atoms with Crippen LogP contribution in [0.2, 0.25) is 0 Å². The number of phenols is 1. The SMILES string of the molecule is CN(C)C(=O)c1cccc(Nc2c(N[C@H]3C4=C(CC=C4)CCC3(C)C)c(=O)c2=O)c1O. The van der Waals surface area contributed by atoms with E-state index in [0.717, 1.165) is 19.3 Å². The van der Waals surface area contributed by atoms with E-state index >= 15 is 0 Å². The van der Waals surface area contributed by atoms with Crippen molar-refractivity contribution in [3.63, 3.8) is 0 Å². The molecule has 0 spiro atoms. The first-order chi connectivity index (χ1) is 14.6. The topological polar surface area (TPSA) is 98.7 Å². The van der Waals surface area contributed by atoms with E-state index < -0.39 is 10.9 Å². The molecule has 1 atom stereocenters. The van der Waals surface area contributed by atoms with Crippen molar-refractivity contribution in [1.82, 2.24) is 4.90 Å². The Balaban J connectivity index is 1.66. The molecule has 2 aromatic carbocycles. The summed E-state index contributed by atoms with van der Waals surface area (Å²) >= 11 is 0. The number of allylic oxidation sites excluding steroid dienone is 2. The molecule has 0 radical (unpaired) electrons. The number of para-hydroxylation sites is 1. The molecule has 3 N–H and O–H groups in total. The summed E-state index contributed by atoms with van der Waals surface area (Å²) in [5.41, 5.74) is 1.90. The number of aromatic hydroxyl groups is 1. The molecule has 2 aliphatic carbocycles. The average molecular weight is 421 g/mol. The lowest BCUT2D eigenvalue weighted by Gasteiger charge is -2.41. The Morgan fingerprint density at radius 1 is 1.16 bits per heavy atom. The van der Waals surface area contributed by atoms with Gasteiger partial charge in [-0.1, -0.05) is 37.6 Å². The molecule has 0 saturated carbocycles. The Bertz CT molecular complexity index is 1200. The number of nitrogens with one attached hydrogen (secondary N) is 2. The van der Waals surface area contributed by atoms with Crippen molar-refractivity contribution in [2.45, 2.75) is 39.2 Å². The maximum absolute atomic E-state index is 12.4. The second-order valence-electron chi connectivity index (χ2n) is 9.17. The minimum atomic E-state index is -0.643. The zero-order valence-electron chi connectivity index (χ0n) is 18.2. The number of phenolic OH excluding ortho intramolecular Hbond substituents is 1. The van der Waals surface area contributed by atoms with E-state index in [0.29, 0.717) is 0 Å². The molecular formula is C24H27N3O4. The van der Waals surface area contributed by atoms with Crippen LogP contribution < -0.4 is 21.5 Å². The Labute approximate surface area is 180 Å². The molecule has 7 heteroatoms. The first-order valence-corrected chi connectivity index (χ1v) is 10.4. The van der Waals surface area contributed by atoms with Gasteiger partial charge in [0.05, 0.1) is 17.3 Å². The Morgan fingerprint density at radius 2 is 1.87 bits per heavy atom. The molecule has 0 aliphatic heterocycles. The summed E-state index contributed by atoms with van der Waals surface area (Å²) in [6.45, 7) is 4.31. The average Bonchev–Trinajstić information content (AvgIpc) is 3.20. The third-order valence-corrected chi connectivity index (χ3v) is 6.36. The highest BCUT2D eigenvalue weighted by Crippen LogP contribution is 2.44. The van der Waals surface area contributed by atoms with Crippen LogP contribution >= 0.6 is 0 Å². The molecule has 2 aliphatic rings. The summed E-state index contributed by atoms with van der Waals surface area (Å²) in [4.78, 5) is 38.4. The fourth-order valence-corrected chi connectivity index (χ4v) is 4.41. The van der Waals surface area contributed by atoms with E-state index in [1.807, 2.05) is 0 Å². The van der Waals surface area contributed by atoms with Gasteiger partial charge in [-0.05, 0) is 42.4 Å². The van der Waals surface area contributed by atoms with Crippen LogP contribution in [0.15, 0.2) is 51.1 Å². The molecule has 0 saturated heterocycles. The highest BCUT2D eigenvalue weighted by Gasteiger charge is 2.39. The second kappa shape index (κ2) is 7.41. The number of benzene rings is 1. The van der Waals surface area contributed by atoms with Crippen molar-refractivity contribution in [3.05, 3.63) is 67.5 Å². The smallest absolute Gasteiger partial charge is 0.257 e. The Morgan fingerprint density at radius 3 is 2.58 bits per heavy atom. The standard InChI is InChI=1S/C24H27N3O4/c1-24(2)12-11-13-7-5-8-14(13)22(24)26-18-17(20(29)21(18)30)25-16-10-6-9-15(19(16)28)23(31)27(3)4/h5-6,8-10,22,25-26,28H,7,11-12H2,1-4H3/t22-/m0/s1. The first kappa shape index (κ1) is 20.9. The molecule has 0 aromatic heterocycles. The molecule has 2 aromatic rings. The molecule has 1 amide bonds. The molecule has 7 nitrogen and oxygen atoms in total. The third-order valence-electron chi connectivity index (χ3n) is 6.36. The van der Waals surface area contributed by atoms with Crippen molar-refractivity contribution in [2.75, 3.05) is 24.7 Å². The molecule has 31 heavy (non-hydrogen) atoms. The van der Waals surface area contributed by atoms with Crippen LogP contribution in [0.4, 0.5) is 17.1 Å². The molecule has 0 heterocycles. The van der Waals surface area contributed by atoms with E-state index in [1.54, 1.807) is 26.2 Å². The van der Waals surface area contributed by atoms with E-state index in [4.69, 9.17) is 0 Å². The van der Waals surface area contributed by atoms with E-state index in [1.165, 1.54) is 22.1 Å². The number of hydrogen-bond donors (Lipinski definition) is 3. The largest absolute Gasteiger partial charge is 0.505 e. The van der Waals surface area contributed by atoms with Crippen molar-refractivity contribution in [2.24, 2.45) is 5.41 Å². The van der Waals surface area contributed by atoms with Crippen LogP contribution in [0.1, 0.15) is 43.5 Å². The number of nitrogens with zero attached hydrogens (tertiary/aromatic N) is 1. The molecular weight excluding hydrogens is 394 g/mol. The normalized spacial score (nSPS) is 19.4. The predicted molar refractivity (Wildman–Crippen MR) is 122 cm³/mol. The number of carbonyl (C=O) groups is 1. The zero-order chi connectivity index (χ0) is 22.5. The van der Waals surface area contributed by atoms with Gasteiger partial charge in [-0.25, -0.2) is 0 Å². The van der Waals surface area contributed by atoms with E-state index in [9.17, 15) is 19.5 Å². The summed E-state index contributed by atoms with van der Waals surface area (Å²) in [6, 6.07) is 4.60. The maximum Gasteiger partial charge on any atom is 0.257 e. The fourth-order valence-electron chi connectivity index (χ4n) is 4.41. The number of amides is 1. The summed E-state index contributed by atoms with van der Waals surface area (Å²) in [5.74, 6) is -0.622. The van der Waals surface area contributed by atoms with Crippen LogP contribution in [0, 0.1) is 5.41 Å². The Hall–Kier alpha value is -3.35. The number of rotatable bonds is 5. The summed E-state index contributed by atoms with van der Waals surface area (Å²) < 4.78 is 0. The van der Waals surface area contributed by atoms with Gasteiger partial charge in [0.2, 0.25) is 0 Å². The number of anilines is 3. The fraction of sp³-hybridized carbons (Fsp3) is 0.375. The molecule has 0 fully saturated rings. The number of hydrogen-bond acceptors (Lipinski definition) is 6. The van der Waals surface area contributed by atoms with Gasteiger partial charge in [-0.2, -0.15) is 0 Å². The van der Waals surface area contributed by atoms with Gasteiger partial charge in [0.25, 0.3) is 16.8 Å². The lowest BCUT2D eigenvalue weighted by atomic mass is 9.70. The van der Waals surface area contributed by atoms with Crippen molar-refractivity contribution in [3.8, 4) is 5.75 Å². The quantitative estimate of drug-likeness (QED) is 0.506. The van der Waals surface area contributed by atoms with Gasteiger partial charge >= 0.3 is 0 Å². The number of carbonyl (C=O) groups excluding carboxylic acids is 1. The van der Waals surface area contributed by atoms with Crippen LogP contribution in [0.5, 0.6) is 5.75 Å². The third kappa shape index (κ3) is 3.44. The lowest BCUT2D eigenvalue weighted by Crippen LogP contribution is -2.45. The summed E-state index contributed by atoms with van der Waals surface area (Å²) in [5, 5.41) is 16.8. The van der Waals surface area contributed by atoms with Crippen LogP contribution in [-0.2, 0) is 0 Å². The predicted octanol–water partition coefficient (Wildman–Crippen LogP) is 3.29. The van der Waals surface area contributed by atoms with E-state index in [-0.39, 0.29) is 45.7 Å². The Kier molecular flexibility index (Phi) is 5.00. The first-order valence-electron chi connectivity index (χ1n) is 10.4. The lowest BCUT2D eigenvalue weighted by molar-refractivity contribution is 0.0824. The minimum Gasteiger partial charge on any atom is -0.505 e. The van der Waals surface area contributed by atoms with Gasteiger partial charge < -0.3 is 20.6 Å². The zero-order valence-corrected chi connectivity index (χ0v) is 18.2. The van der Waals surface area contributed by atoms with Gasteiger partial charge in [0, 0.05) is 14.1 Å². The van der Waals surface area contributed by atoms with Crippen molar-refractivity contribution < 1.29 is 9.90 Å². The van der Waals surface area contributed by atoms with Crippen molar-refractivity contribution in [1.29, 1.82) is 0 Å². The van der Waals surface area contributed by atoms with E-state index in [2.05, 4.69) is 36.6 Å². The second-order valence-corrected chi connectivity index (χ2v) is 9.17. The van der Waals surface area contributed by atoms with Crippen molar-refractivity contribution >= 4 is 23.0 Å². The highest BCUT2D eigenvalue weighted by molar-refractivity contribution is 5.99. The summed E-state index contributed by atoms with van der Waals surface area (Å²) in [6.07, 6.45) is 7.19. The van der Waals surface area contributed by atoms with Gasteiger partial charge in [0.1, 0.15) is 11.4 Å². The van der Waals surface area contributed by atoms with Gasteiger partial charge in [-0.15, -0.1) is 0 Å². The summed E-state index contributed by atoms with van der Waals surface area (Å²) in [7, 11) is 3.18. The van der Waals surface area contributed by atoms with Crippen LogP contribution in [0.25, 0.3) is 0 Å². The molecule has 0 bridgehead atoms. The van der Waals surface area contributed by atoms with Gasteiger partial charge in [-0.3, -0.25) is 14.4 Å². The molecule has 162 valence electrons.